The zero-order chi connectivity index (χ0) is 16.5. The summed E-state index contributed by atoms with van der Waals surface area (Å²) in [7, 11) is 0. The highest BCUT2D eigenvalue weighted by atomic mass is 16.4. The molecule has 0 radical (unpaired) electrons. The molecule has 8 nitrogen and oxygen atoms in total. The lowest BCUT2D eigenvalue weighted by molar-refractivity contribution is -0.140. The van der Waals surface area contributed by atoms with Gasteiger partial charge in [-0.25, -0.2) is 0 Å². The number of nitrogens with one attached hydrogen (secondary N) is 2. The lowest BCUT2D eigenvalue weighted by Crippen LogP contribution is -2.53. The summed E-state index contributed by atoms with van der Waals surface area (Å²) in [6, 6.07) is 6.61. The van der Waals surface area contributed by atoms with Crippen LogP contribution in [0, 0.1) is 0 Å². The molecule has 0 saturated heterocycles. The van der Waals surface area contributed by atoms with E-state index < -0.39 is 36.3 Å². The maximum absolute atomic E-state index is 12.0. The number of carbonyl (C=O) groups excluding carboxylic acids is 3. The highest BCUT2D eigenvalue weighted by Crippen LogP contribution is 2.04. The molecule has 2 atom stereocenters. The number of carboxylic acids is 1. The molecular weight excluding hydrogens is 290 g/mol. The number of primary amides is 1. The van der Waals surface area contributed by atoms with Crippen molar-refractivity contribution in [1.29, 1.82) is 0 Å². The second-order valence-corrected chi connectivity index (χ2v) is 4.59. The Kier molecular flexibility index (Phi) is 6.55. The van der Waals surface area contributed by atoms with Crippen LogP contribution in [-0.4, -0.2) is 41.4 Å². The summed E-state index contributed by atoms with van der Waals surface area (Å²) >= 11 is 0. The molecule has 0 bridgehead atoms. The fourth-order valence-corrected chi connectivity index (χ4v) is 1.83. The molecule has 0 saturated carbocycles. The van der Waals surface area contributed by atoms with E-state index in [1.165, 1.54) is 0 Å². The van der Waals surface area contributed by atoms with Crippen LogP contribution >= 0.6 is 0 Å². The Hall–Kier alpha value is -2.90. The largest absolute Gasteiger partial charge is 0.481 e. The molecule has 3 amide bonds. The molecule has 5 N–H and O–H groups in total. The van der Waals surface area contributed by atoms with Crippen LogP contribution < -0.4 is 16.4 Å². The number of rotatable bonds is 9. The van der Waals surface area contributed by atoms with Gasteiger partial charge in [0.2, 0.25) is 18.2 Å². The van der Waals surface area contributed by atoms with Crippen LogP contribution in [0.15, 0.2) is 30.3 Å². The average Bonchev–Trinajstić information content (AvgIpc) is 2.46. The fourth-order valence-electron chi connectivity index (χ4n) is 1.83. The third-order valence-electron chi connectivity index (χ3n) is 2.91. The van der Waals surface area contributed by atoms with Gasteiger partial charge in [-0.15, -0.1) is 0 Å². The minimum absolute atomic E-state index is 0.169. The van der Waals surface area contributed by atoms with Gasteiger partial charge in [0.15, 0.2) is 0 Å². The molecule has 0 heterocycles. The van der Waals surface area contributed by atoms with E-state index in [9.17, 15) is 19.2 Å². The van der Waals surface area contributed by atoms with E-state index in [-0.39, 0.29) is 12.8 Å². The van der Waals surface area contributed by atoms with E-state index in [2.05, 4.69) is 10.6 Å². The van der Waals surface area contributed by atoms with Gasteiger partial charge in [0, 0.05) is 6.42 Å². The molecule has 1 aromatic rings. The van der Waals surface area contributed by atoms with Crippen molar-refractivity contribution < 1.29 is 24.3 Å². The van der Waals surface area contributed by atoms with Gasteiger partial charge >= 0.3 is 5.97 Å². The molecular formula is C14H17N3O5. The van der Waals surface area contributed by atoms with Crippen molar-refractivity contribution in [1.82, 2.24) is 10.6 Å². The molecule has 0 aliphatic carbocycles. The molecule has 0 fully saturated rings. The second kappa shape index (κ2) is 8.40. The maximum atomic E-state index is 12.0. The Bertz CT molecular complexity index is 547. The van der Waals surface area contributed by atoms with Crippen LogP contribution in [-0.2, 0) is 25.6 Å². The predicted octanol–water partition coefficient (Wildman–Crippen LogP) is -1.21. The quantitative estimate of drug-likeness (QED) is 0.424. The van der Waals surface area contributed by atoms with Crippen LogP contribution in [0.4, 0.5) is 0 Å². The molecule has 2 unspecified atom stereocenters. The zero-order valence-corrected chi connectivity index (χ0v) is 11.7. The lowest BCUT2D eigenvalue weighted by atomic mass is 10.0. The van der Waals surface area contributed by atoms with E-state index in [0.29, 0.717) is 0 Å². The minimum atomic E-state index is -1.27. The SMILES string of the molecule is NC(=O)C(Cc1ccccc1)NC(=O)C(CC(=O)O)NC=O. The number of hydrogen-bond acceptors (Lipinski definition) is 4. The summed E-state index contributed by atoms with van der Waals surface area (Å²) in [4.78, 5) is 44.5. The van der Waals surface area contributed by atoms with Crippen molar-refractivity contribution in [3.8, 4) is 0 Å². The van der Waals surface area contributed by atoms with E-state index in [4.69, 9.17) is 10.8 Å². The number of hydrogen-bond donors (Lipinski definition) is 4. The van der Waals surface area contributed by atoms with Gasteiger partial charge in [0.05, 0.1) is 6.42 Å². The first-order valence-corrected chi connectivity index (χ1v) is 6.49. The number of aliphatic carboxylic acids is 1. The van der Waals surface area contributed by atoms with E-state index in [0.717, 1.165) is 5.56 Å². The van der Waals surface area contributed by atoms with Gasteiger partial charge in [-0.05, 0) is 5.56 Å². The lowest BCUT2D eigenvalue weighted by Gasteiger charge is -2.19. The summed E-state index contributed by atoms with van der Waals surface area (Å²) in [5.74, 6) is -2.79. The van der Waals surface area contributed by atoms with Crippen molar-refractivity contribution in [3.05, 3.63) is 35.9 Å². The summed E-state index contributed by atoms with van der Waals surface area (Å²) in [6.07, 6.45) is -0.201. The third kappa shape index (κ3) is 5.61. The molecule has 0 spiro atoms. The molecule has 0 aliphatic rings. The van der Waals surface area contributed by atoms with Crippen LogP contribution in [0.3, 0.4) is 0 Å². The molecule has 0 aliphatic heterocycles. The van der Waals surface area contributed by atoms with Gasteiger partial charge in [0.25, 0.3) is 0 Å². The molecule has 8 heteroatoms. The highest BCUT2D eigenvalue weighted by molar-refractivity contribution is 5.92. The minimum Gasteiger partial charge on any atom is -0.481 e. The summed E-state index contributed by atoms with van der Waals surface area (Å²) in [5.41, 5.74) is 6.03. The Balaban J connectivity index is 2.76. The van der Waals surface area contributed by atoms with Crippen LogP contribution in [0.1, 0.15) is 12.0 Å². The first-order valence-electron chi connectivity index (χ1n) is 6.49. The van der Waals surface area contributed by atoms with Crippen LogP contribution in [0.25, 0.3) is 0 Å². The van der Waals surface area contributed by atoms with Crippen molar-refractivity contribution in [2.75, 3.05) is 0 Å². The molecule has 118 valence electrons. The van der Waals surface area contributed by atoms with Crippen LogP contribution in [0.2, 0.25) is 0 Å². The maximum Gasteiger partial charge on any atom is 0.305 e. The second-order valence-electron chi connectivity index (χ2n) is 4.59. The summed E-state index contributed by atoms with van der Waals surface area (Å²) in [6.45, 7) is 0. The highest BCUT2D eigenvalue weighted by Gasteiger charge is 2.25. The smallest absolute Gasteiger partial charge is 0.305 e. The zero-order valence-electron chi connectivity index (χ0n) is 11.7. The molecule has 0 aromatic heterocycles. The topological polar surface area (TPSA) is 139 Å². The monoisotopic (exact) mass is 307 g/mol. The Morgan fingerprint density at radius 1 is 1.18 bits per heavy atom. The number of carbonyl (C=O) groups is 4. The Morgan fingerprint density at radius 3 is 2.32 bits per heavy atom. The molecule has 1 rings (SSSR count). The first-order chi connectivity index (χ1) is 10.4. The van der Waals surface area contributed by atoms with E-state index >= 15 is 0 Å². The third-order valence-corrected chi connectivity index (χ3v) is 2.91. The van der Waals surface area contributed by atoms with Crippen molar-refractivity contribution in [2.24, 2.45) is 5.73 Å². The standard InChI is InChI=1S/C14H17N3O5/c15-13(21)10(6-9-4-2-1-3-5-9)17-14(22)11(16-8-18)7-12(19)20/h1-5,8,10-11H,6-7H2,(H2,15,21)(H,16,18)(H,17,22)(H,19,20). The van der Waals surface area contributed by atoms with Gasteiger partial charge in [-0.3, -0.25) is 19.2 Å². The normalized spacial score (nSPS) is 12.7. The van der Waals surface area contributed by atoms with Gasteiger partial charge in [-0.2, -0.15) is 0 Å². The van der Waals surface area contributed by atoms with Gasteiger partial charge in [0.1, 0.15) is 12.1 Å². The summed E-state index contributed by atoms with van der Waals surface area (Å²) in [5, 5.41) is 13.2. The van der Waals surface area contributed by atoms with E-state index in [1.54, 1.807) is 30.3 Å². The van der Waals surface area contributed by atoms with Crippen molar-refractivity contribution in [3.63, 3.8) is 0 Å². The number of amides is 3. The fraction of sp³-hybridized carbons (Fsp3) is 0.286. The predicted molar refractivity (Wildman–Crippen MR) is 76.5 cm³/mol. The summed E-state index contributed by atoms with van der Waals surface area (Å²) < 4.78 is 0. The molecule has 1 aromatic carbocycles. The average molecular weight is 307 g/mol. The number of carboxylic acid groups (broad SMARTS) is 1. The first kappa shape index (κ1) is 17.2. The van der Waals surface area contributed by atoms with Gasteiger partial charge < -0.3 is 21.5 Å². The van der Waals surface area contributed by atoms with Crippen LogP contribution in [0.5, 0.6) is 0 Å². The number of benzene rings is 1. The van der Waals surface area contributed by atoms with Gasteiger partial charge in [-0.1, -0.05) is 30.3 Å². The Labute approximate surface area is 126 Å². The molecule has 22 heavy (non-hydrogen) atoms. The van der Waals surface area contributed by atoms with Crippen molar-refractivity contribution in [2.45, 2.75) is 24.9 Å². The number of nitrogens with two attached hydrogens (primary N) is 1. The Morgan fingerprint density at radius 2 is 1.82 bits per heavy atom. The van der Waals surface area contributed by atoms with Crippen molar-refractivity contribution >= 4 is 24.2 Å². The van der Waals surface area contributed by atoms with E-state index in [1.807, 2.05) is 0 Å².